The number of ether oxygens (including phenoxy) is 2. The zero-order valence-corrected chi connectivity index (χ0v) is 12.4. The van der Waals surface area contributed by atoms with Crippen LogP contribution in [0.25, 0.3) is 16.8 Å². The molecule has 0 bridgehead atoms. The van der Waals surface area contributed by atoms with Gasteiger partial charge in [-0.25, -0.2) is 0 Å². The Morgan fingerprint density at radius 1 is 0.913 bits per heavy atom. The lowest BCUT2D eigenvalue weighted by atomic mass is 10.0. The van der Waals surface area contributed by atoms with E-state index >= 15 is 0 Å². The van der Waals surface area contributed by atoms with Crippen molar-refractivity contribution >= 4 is 22.6 Å². The number of carbonyl (C=O) groups excluding carboxylic acids is 1. The topological polar surface area (TPSA) is 35.5 Å². The third kappa shape index (κ3) is 2.57. The van der Waals surface area contributed by atoms with Gasteiger partial charge in [0.1, 0.15) is 0 Å². The maximum Gasteiger partial charge on any atom is 0.231 e. The van der Waals surface area contributed by atoms with Crippen molar-refractivity contribution in [1.82, 2.24) is 0 Å². The number of fused-ring (bicyclic) bond motifs is 2. The van der Waals surface area contributed by atoms with Crippen molar-refractivity contribution in [3.05, 3.63) is 77.9 Å². The van der Waals surface area contributed by atoms with Gasteiger partial charge in [-0.3, -0.25) is 4.79 Å². The van der Waals surface area contributed by atoms with E-state index in [1.165, 1.54) is 0 Å². The van der Waals surface area contributed by atoms with Crippen LogP contribution in [0, 0.1) is 0 Å². The molecule has 1 aliphatic rings. The minimum absolute atomic E-state index is 0.0144. The van der Waals surface area contributed by atoms with Gasteiger partial charge < -0.3 is 9.47 Å². The average Bonchev–Trinajstić information content (AvgIpc) is 3.07. The van der Waals surface area contributed by atoms with E-state index in [0.717, 1.165) is 22.1 Å². The van der Waals surface area contributed by atoms with Crippen LogP contribution in [0.4, 0.5) is 0 Å². The van der Waals surface area contributed by atoms with Gasteiger partial charge in [0.2, 0.25) is 6.79 Å². The highest BCUT2D eigenvalue weighted by Gasteiger charge is 2.12. The van der Waals surface area contributed by atoms with E-state index in [1.54, 1.807) is 12.2 Å². The van der Waals surface area contributed by atoms with Gasteiger partial charge in [0.15, 0.2) is 17.3 Å². The Balaban J connectivity index is 1.64. The molecule has 0 saturated carbocycles. The minimum atomic E-state index is -0.0144. The van der Waals surface area contributed by atoms with Crippen molar-refractivity contribution in [2.24, 2.45) is 0 Å². The van der Waals surface area contributed by atoms with E-state index in [0.29, 0.717) is 11.3 Å². The summed E-state index contributed by atoms with van der Waals surface area (Å²) >= 11 is 0. The summed E-state index contributed by atoms with van der Waals surface area (Å²) in [6, 6.07) is 19.3. The summed E-state index contributed by atoms with van der Waals surface area (Å²) in [4.78, 5) is 12.5. The monoisotopic (exact) mass is 302 g/mol. The van der Waals surface area contributed by atoms with Gasteiger partial charge in [-0.15, -0.1) is 0 Å². The Morgan fingerprint density at radius 3 is 2.70 bits per heavy atom. The number of ketones is 1. The van der Waals surface area contributed by atoms with Crippen LogP contribution in [0.1, 0.15) is 15.9 Å². The third-order valence-corrected chi connectivity index (χ3v) is 3.88. The van der Waals surface area contributed by atoms with Gasteiger partial charge in [-0.1, -0.05) is 54.6 Å². The summed E-state index contributed by atoms with van der Waals surface area (Å²) in [5, 5.41) is 2.03. The van der Waals surface area contributed by atoms with Crippen LogP contribution in [0.3, 0.4) is 0 Å². The molecule has 0 unspecified atom stereocenters. The van der Waals surface area contributed by atoms with Gasteiger partial charge in [0.25, 0.3) is 0 Å². The Hall–Kier alpha value is -3.07. The quantitative estimate of drug-likeness (QED) is 0.529. The highest BCUT2D eigenvalue weighted by Crippen LogP contribution is 2.32. The highest BCUT2D eigenvalue weighted by molar-refractivity contribution is 6.14. The standard InChI is InChI=1S/C20H14O3/c21-18(17-7-3-5-15-4-1-2-6-16(15)17)10-8-14-9-11-19-20(12-14)23-13-22-19/h1-12H,13H2/b10-8+. The molecule has 3 aromatic rings. The molecule has 3 heteroatoms. The molecule has 0 N–H and O–H groups in total. The predicted octanol–water partition coefficient (Wildman–Crippen LogP) is 4.46. The molecule has 3 nitrogen and oxygen atoms in total. The first-order valence-corrected chi connectivity index (χ1v) is 7.41. The molecule has 0 aromatic heterocycles. The van der Waals surface area contributed by atoms with Crippen LogP contribution in [0.5, 0.6) is 11.5 Å². The van der Waals surface area contributed by atoms with Gasteiger partial charge >= 0.3 is 0 Å². The number of allylic oxidation sites excluding steroid dienone is 1. The molecule has 1 heterocycles. The van der Waals surface area contributed by atoms with Crippen molar-refractivity contribution in [2.75, 3.05) is 6.79 Å². The first kappa shape index (κ1) is 13.6. The summed E-state index contributed by atoms with van der Waals surface area (Å²) in [5.41, 5.74) is 1.61. The number of rotatable bonds is 3. The lowest BCUT2D eigenvalue weighted by Crippen LogP contribution is -1.95. The number of hydrogen-bond donors (Lipinski definition) is 0. The summed E-state index contributed by atoms with van der Waals surface area (Å²) < 4.78 is 10.6. The molecule has 1 aliphatic heterocycles. The second kappa shape index (κ2) is 5.61. The van der Waals surface area contributed by atoms with Gasteiger partial charge in [-0.2, -0.15) is 0 Å². The molecule has 0 fully saturated rings. The van der Waals surface area contributed by atoms with Crippen LogP contribution < -0.4 is 9.47 Å². The smallest absolute Gasteiger partial charge is 0.231 e. The van der Waals surface area contributed by atoms with Crippen LogP contribution >= 0.6 is 0 Å². The van der Waals surface area contributed by atoms with Crippen molar-refractivity contribution in [2.45, 2.75) is 0 Å². The number of carbonyl (C=O) groups is 1. The van der Waals surface area contributed by atoms with E-state index in [4.69, 9.17) is 9.47 Å². The highest BCUT2D eigenvalue weighted by atomic mass is 16.7. The fourth-order valence-corrected chi connectivity index (χ4v) is 2.72. The van der Waals surface area contributed by atoms with Crippen LogP contribution in [0.15, 0.2) is 66.7 Å². The lowest BCUT2D eigenvalue weighted by Gasteiger charge is -2.03. The lowest BCUT2D eigenvalue weighted by molar-refractivity contribution is 0.104. The van der Waals surface area contributed by atoms with Crippen LogP contribution in [0.2, 0.25) is 0 Å². The number of benzene rings is 3. The van der Waals surface area contributed by atoms with Crippen LogP contribution in [-0.2, 0) is 0 Å². The Kier molecular flexibility index (Phi) is 3.31. The van der Waals surface area contributed by atoms with Crippen molar-refractivity contribution in [3.8, 4) is 11.5 Å². The van der Waals surface area contributed by atoms with E-state index in [9.17, 15) is 4.79 Å². The zero-order valence-electron chi connectivity index (χ0n) is 12.4. The summed E-state index contributed by atoms with van der Waals surface area (Å²) in [7, 11) is 0. The molecule has 3 aromatic carbocycles. The minimum Gasteiger partial charge on any atom is -0.454 e. The molecule has 4 rings (SSSR count). The van der Waals surface area contributed by atoms with E-state index in [2.05, 4.69) is 0 Å². The molecule has 0 aliphatic carbocycles. The van der Waals surface area contributed by atoms with Gasteiger partial charge in [0, 0.05) is 5.56 Å². The molecule has 0 radical (unpaired) electrons. The van der Waals surface area contributed by atoms with Crippen molar-refractivity contribution in [3.63, 3.8) is 0 Å². The molecular formula is C20H14O3. The molecule has 23 heavy (non-hydrogen) atoms. The number of hydrogen-bond acceptors (Lipinski definition) is 3. The zero-order chi connectivity index (χ0) is 15.6. The molecule has 0 amide bonds. The Bertz CT molecular complexity index is 920. The first-order valence-electron chi connectivity index (χ1n) is 7.41. The summed E-state index contributed by atoms with van der Waals surface area (Å²) in [6.07, 6.45) is 3.39. The normalized spacial score (nSPS) is 12.9. The third-order valence-electron chi connectivity index (χ3n) is 3.88. The van der Waals surface area contributed by atoms with Gasteiger partial charge in [0.05, 0.1) is 0 Å². The van der Waals surface area contributed by atoms with Crippen molar-refractivity contribution in [1.29, 1.82) is 0 Å². The molecule has 112 valence electrons. The molecule has 0 saturated heterocycles. The second-order valence-electron chi connectivity index (χ2n) is 5.34. The fraction of sp³-hybridized carbons (Fsp3) is 0.0500. The molecule has 0 spiro atoms. The van der Waals surface area contributed by atoms with Gasteiger partial charge in [-0.05, 0) is 34.5 Å². The van der Waals surface area contributed by atoms with E-state index < -0.39 is 0 Å². The second-order valence-corrected chi connectivity index (χ2v) is 5.34. The predicted molar refractivity (Wildman–Crippen MR) is 89.9 cm³/mol. The molecule has 0 atom stereocenters. The van der Waals surface area contributed by atoms with E-state index in [1.807, 2.05) is 60.7 Å². The average molecular weight is 302 g/mol. The Morgan fingerprint density at radius 2 is 1.74 bits per heavy atom. The van der Waals surface area contributed by atoms with E-state index in [-0.39, 0.29) is 12.6 Å². The Labute approximate surface area is 133 Å². The first-order chi connectivity index (χ1) is 11.3. The maximum atomic E-state index is 12.5. The summed E-state index contributed by atoms with van der Waals surface area (Å²) in [5.74, 6) is 1.44. The van der Waals surface area contributed by atoms with Crippen LogP contribution in [-0.4, -0.2) is 12.6 Å². The maximum absolute atomic E-state index is 12.5. The largest absolute Gasteiger partial charge is 0.454 e. The van der Waals surface area contributed by atoms with Crippen molar-refractivity contribution < 1.29 is 14.3 Å². The summed E-state index contributed by atoms with van der Waals surface area (Å²) in [6.45, 7) is 0.247. The molecular weight excluding hydrogens is 288 g/mol. The SMILES string of the molecule is O=C(/C=C/c1ccc2c(c1)OCO2)c1cccc2ccccc12. The fourth-order valence-electron chi connectivity index (χ4n) is 2.72.